The van der Waals surface area contributed by atoms with Crippen molar-refractivity contribution in [1.82, 2.24) is 14.9 Å². The first-order valence-corrected chi connectivity index (χ1v) is 9.30. The Morgan fingerprint density at radius 2 is 2.00 bits per heavy atom. The molecule has 0 saturated carbocycles. The number of nitrogens with one attached hydrogen (secondary N) is 1. The third kappa shape index (κ3) is 4.06. The van der Waals surface area contributed by atoms with E-state index in [0.717, 1.165) is 16.7 Å². The van der Waals surface area contributed by atoms with E-state index in [4.69, 9.17) is 5.11 Å². The number of thiophene rings is 1. The average molecular weight is 385 g/mol. The number of nitrogens with zero attached hydrogens (tertiary/aromatic N) is 2. The molecule has 0 aliphatic heterocycles. The Kier molecular flexibility index (Phi) is 5.36. The molecule has 1 aromatic carbocycles. The number of amides is 1. The first-order chi connectivity index (χ1) is 12.9. The molecule has 3 rings (SSSR count). The number of aliphatic carboxylic acids is 1. The van der Waals surface area contributed by atoms with Crippen LogP contribution in [0.3, 0.4) is 0 Å². The Hall–Kier alpha value is -3.00. The largest absolute Gasteiger partial charge is 0.480 e. The summed E-state index contributed by atoms with van der Waals surface area (Å²) < 4.78 is 1.39. The number of benzene rings is 1. The van der Waals surface area contributed by atoms with Crippen molar-refractivity contribution >= 4 is 33.4 Å². The summed E-state index contributed by atoms with van der Waals surface area (Å²) in [6.07, 6.45) is 1.42. The molecule has 2 aromatic heterocycles. The Morgan fingerprint density at radius 1 is 1.30 bits per heavy atom. The number of hydrogen-bond acceptors (Lipinski definition) is 5. The third-order valence-electron chi connectivity index (χ3n) is 4.25. The predicted molar refractivity (Wildman–Crippen MR) is 104 cm³/mol. The number of carbonyl (C=O) groups is 2. The number of hydrogen-bond donors (Lipinski definition) is 2. The van der Waals surface area contributed by atoms with Crippen LogP contribution in [0.4, 0.5) is 0 Å². The molecular formula is C19H19N3O4S. The third-order valence-corrected chi connectivity index (χ3v) is 5.14. The number of aryl methyl sites for hydroxylation is 2. The van der Waals surface area contributed by atoms with Gasteiger partial charge in [-0.2, -0.15) is 0 Å². The number of carbonyl (C=O) groups excluding carboxylic acids is 1. The van der Waals surface area contributed by atoms with Crippen LogP contribution in [0.2, 0.25) is 0 Å². The molecule has 0 bridgehead atoms. The minimum atomic E-state index is -1.11. The quantitative estimate of drug-likeness (QED) is 0.679. The molecule has 0 unspecified atom stereocenters. The smallest absolute Gasteiger partial charge is 0.325 e. The number of fused-ring (bicyclic) bond motifs is 1. The number of rotatable bonds is 6. The Labute approximate surface area is 159 Å². The number of carboxylic acids is 1. The molecule has 1 atom stereocenters. The lowest BCUT2D eigenvalue weighted by Gasteiger charge is -2.10. The van der Waals surface area contributed by atoms with Gasteiger partial charge in [0.1, 0.15) is 10.9 Å². The van der Waals surface area contributed by atoms with E-state index in [1.54, 1.807) is 0 Å². The van der Waals surface area contributed by atoms with Crippen molar-refractivity contribution in [1.29, 1.82) is 0 Å². The monoisotopic (exact) mass is 385 g/mol. The van der Waals surface area contributed by atoms with E-state index < -0.39 is 17.9 Å². The maximum Gasteiger partial charge on any atom is 0.325 e. The zero-order chi connectivity index (χ0) is 19.6. The summed E-state index contributed by atoms with van der Waals surface area (Å²) in [7, 11) is 0. The van der Waals surface area contributed by atoms with Gasteiger partial charge < -0.3 is 10.4 Å². The van der Waals surface area contributed by atoms with Gasteiger partial charge in [-0.25, -0.2) is 4.98 Å². The Bertz CT molecular complexity index is 1050. The Balaban J connectivity index is 1.86. The lowest BCUT2D eigenvalue weighted by Crippen LogP contribution is -2.39. The zero-order valence-corrected chi connectivity index (χ0v) is 15.7. The zero-order valence-electron chi connectivity index (χ0n) is 14.9. The van der Waals surface area contributed by atoms with Crippen molar-refractivity contribution < 1.29 is 14.7 Å². The van der Waals surface area contributed by atoms with Gasteiger partial charge in [0.25, 0.3) is 5.56 Å². The van der Waals surface area contributed by atoms with E-state index in [1.165, 1.54) is 29.2 Å². The van der Waals surface area contributed by atoms with Crippen LogP contribution < -0.4 is 10.9 Å². The van der Waals surface area contributed by atoms with Gasteiger partial charge >= 0.3 is 5.97 Å². The van der Waals surface area contributed by atoms with Gasteiger partial charge in [-0.1, -0.05) is 29.8 Å². The topological polar surface area (TPSA) is 101 Å². The van der Waals surface area contributed by atoms with E-state index in [-0.39, 0.29) is 18.5 Å². The minimum Gasteiger partial charge on any atom is -0.480 e. The normalized spacial score (nSPS) is 12.1. The van der Waals surface area contributed by atoms with E-state index >= 15 is 0 Å². The first-order valence-electron chi connectivity index (χ1n) is 8.42. The summed E-state index contributed by atoms with van der Waals surface area (Å²) in [5.41, 5.74) is 2.69. The van der Waals surface area contributed by atoms with Crippen molar-refractivity contribution in [3.63, 3.8) is 0 Å². The molecule has 0 spiro atoms. The molecule has 140 valence electrons. The fourth-order valence-corrected chi connectivity index (χ4v) is 3.58. The molecular weight excluding hydrogens is 366 g/mol. The molecule has 8 heteroatoms. The first kappa shape index (κ1) is 18.8. The molecule has 1 amide bonds. The summed E-state index contributed by atoms with van der Waals surface area (Å²) in [4.78, 5) is 40.5. The van der Waals surface area contributed by atoms with Gasteiger partial charge in [0.05, 0.1) is 11.7 Å². The molecule has 27 heavy (non-hydrogen) atoms. The van der Waals surface area contributed by atoms with Crippen molar-refractivity contribution in [2.75, 3.05) is 0 Å². The van der Waals surface area contributed by atoms with Crippen LogP contribution in [0, 0.1) is 6.92 Å². The minimum absolute atomic E-state index is 0.00524. The highest BCUT2D eigenvalue weighted by molar-refractivity contribution is 7.17. The van der Waals surface area contributed by atoms with E-state index in [2.05, 4.69) is 10.3 Å². The SMILES string of the molecule is Cc1ccc(-c2csc3ncn(CCC(=O)N[C@@H](C)C(=O)O)c(=O)c23)cc1. The van der Waals surface area contributed by atoms with Gasteiger partial charge in [0.15, 0.2) is 0 Å². The Morgan fingerprint density at radius 3 is 2.67 bits per heavy atom. The highest BCUT2D eigenvalue weighted by Gasteiger charge is 2.16. The van der Waals surface area contributed by atoms with Gasteiger partial charge in [-0.15, -0.1) is 11.3 Å². The summed E-state index contributed by atoms with van der Waals surface area (Å²) in [6.45, 7) is 3.52. The van der Waals surface area contributed by atoms with E-state index in [0.29, 0.717) is 10.2 Å². The highest BCUT2D eigenvalue weighted by Crippen LogP contribution is 2.30. The van der Waals surface area contributed by atoms with Crippen LogP contribution in [-0.4, -0.2) is 32.6 Å². The molecule has 0 aliphatic rings. The summed E-state index contributed by atoms with van der Waals surface area (Å²) in [6, 6.07) is 6.94. The van der Waals surface area contributed by atoms with Gasteiger partial charge in [-0.3, -0.25) is 19.0 Å². The van der Waals surface area contributed by atoms with E-state index in [1.807, 2.05) is 36.6 Å². The second-order valence-corrected chi connectivity index (χ2v) is 7.17. The molecule has 0 saturated heterocycles. The second-order valence-electron chi connectivity index (χ2n) is 6.32. The summed E-state index contributed by atoms with van der Waals surface area (Å²) in [5.74, 6) is -1.54. The van der Waals surface area contributed by atoms with Gasteiger partial charge in [0.2, 0.25) is 5.91 Å². The van der Waals surface area contributed by atoms with Crippen LogP contribution in [0.1, 0.15) is 18.9 Å². The highest BCUT2D eigenvalue weighted by atomic mass is 32.1. The van der Waals surface area contributed by atoms with Gasteiger partial charge in [-0.05, 0) is 19.4 Å². The molecule has 7 nitrogen and oxygen atoms in total. The molecule has 2 heterocycles. The summed E-state index contributed by atoms with van der Waals surface area (Å²) in [5, 5.41) is 13.6. The van der Waals surface area contributed by atoms with Crippen LogP contribution in [0.25, 0.3) is 21.3 Å². The molecule has 0 radical (unpaired) electrons. The fourth-order valence-electron chi connectivity index (χ4n) is 2.67. The van der Waals surface area contributed by atoms with Crippen LogP contribution >= 0.6 is 11.3 Å². The van der Waals surface area contributed by atoms with E-state index in [9.17, 15) is 14.4 Å². The van der Waals surface area contributed by atoms with Crippen molar-refractivity contribution in [2.24, 2.45) is 0 Å². The summed E-state index contributed by atoms with van der Waals surface area (Å²) >= 11 is 1.40. The molecule has 0 fully saturated rings. The predicted octanol–water partition coefficient (Wildman–Crippen LogP) is 2.41. The van der Waals surface area contributed by atoms with Gasteiger partial charge in [0, 0.05) is 23.9 Å². The second kappa shape index (κ2) is 7.71. The van der Waals surface area contributed by atoms with Crippen LogP contribution in [0.5, 0.6) is 0 Å². The standard InChI is InChI=1S/C19H19N3O4S/c1-11-3-5-13(6-4-11)14-9-27-17-16(14)18(24)22(10-20-17)8-7-15(23)21-12(2)19(25)26/h3-6,9-10,12H,7-8H2,1-2H3,(H,21,23)(H,25,26)/t12-/m0/s1. The maximum absolute atomic E-state index is 12.9. The maximum atomic E-state index is 12.9. The molecule has 3 aromatic rings. The van der Waals surface area contributed by atoms with Crippen molar-refractivity contribution in [2.45, 2.75) is 32.9 Å². The lowest BCUT2D eigenvalue weighted by molar-refractivity contribution is -0.141. The number of aromatic nitrogens is 2. The average Bonchev–Trinajstić information content (AvgIpc) is 3.06. The molecule has 0 aliphatic carbocycles. The number of carboxylic acid groups (broad SMARTS) is 1. The van der Waals surface area contributed by atoms with Crippen LogP contribution in [0.15, 0.2) is 40.8 Å². The van der Waals surface area contributed by atoms with Crippen molar-refractivity contribution in [3.05, 3.63) is 51.9 Å². The fraction of sp³-hybridized carbons (Fsp3) is 0.263. The van der Waals surface area contributed by atoms with Crippen LogP contribution in [-0.2, 0) is 16.1 Å². The lowest BCUT2D eigenvalue weighted by atomic mass is 10.1. The molecule has 2 N–H and O–H groups in total. The van der Waals surface area contributed by atoms with Crippen molar-refractivity contribution in [3.8, 4) is 11.1 Å².